The molecule has 0 spiro atoms. The number of fused-ring (bicyclic) bond motifs is 1. The number of likely N-dealkylation sites (tertiary alicyclic amines) is 1. The van der Waals surface area contributed by atoms with Crippen LogP contribution in [0.2, 0.25) is 0 Å². The normalized spacial score (nSPS) is 23.6. The molecule has 1 atom stereocenters. The highest BCUT2D eigenvalue weighted by Gasteiger charge is 2.38. The Balaban J connectivity index is 1.35. The second-order valence-electron chi connectivity index (χ2n) is 7.74. The van der Waals surface area contributed by atoms with Gasteiger partial charge in [-0.05, 0) is 61.4 Å². The number of aromatic nitrogens is 2. The van der Waals surface area contributed by atoms with Crippen molar-refractivity contribution in [3.8, 4) is 6.01 Å². The van der Waals surface area contributed by atoms with E-state index < -0.39 is 10.5 Å². The molecule has 1 unspecified atom stereocenters. The highest BCUT2D eigenvalue weighted by atomic mass is 19.1. The monoisotopic (exact) mass is 374 g/mol. The topological polar surface area (TPSA) is 73.4 Å². The van der Waals surface area contributed by atoms with Crippen LogP contribution in [0.4, 0.5) is 10.2 Å². The van der Waals surface area contributed by atoms with Crippen LogP contribution in [-0.4, -0.2) is 44.6 Å². The van der Waals surface area contributed by atoms with Gasteiger partial charge in [0, 0.05) is 24.5 Å². The van der Waals surface area contributed by atoms with Crippen molar-refractivity contribution in [1.29, 1.82) is 0 Å². The summed E-state index contributed by atoms with van der Waals surface area (Å²) in [6.45, 7) is 5.39. The van der Waals surface area contributed by atoms with Crippen LogP contribution in [0.25, 0.3) is 0 Å². The number of piperidine rings is 1. The van der Waals surface area contributed by atoms with Crippen molar-refractivity contribution in [3.05, 3.63) is 52.0 Å². The third kappa shape index (κ3) is 3.80. The first-order chi connectivity index (χ1) is 12.9. The molecule has 0 radical (unpaired) electrons. The summed E-state index contributed by atoms with van der Waals surface area (Å²) in [5.74, 6) is 0.0926. The average Bonchev–Trinajstić information content (AvgIpc) is 3.06. The van der Waals surface area contributed by atoms with Gasteiger partial charge in [-0.1, -0.05) is 12.1 Å². The van der Waals surface area contributed by atoms with Crippen LogP contribution in [0.3, 0.4) is 0 Å². The average molecular weight is 374 g/mol. The predicted molar refractivity (Wildman–Crippen MR) is 97.3 cm³/mol. The lowest BCUT2D eigenvalue weighted by atomic mass is 9.88. The van der Waals surface area contributed by atoms with Crippen molar-refractivity contribution < 1.29 is 14.1 Å². The lowest BCUT2D eigenvalue weighted by Gasteiger charge is -2.40. The number of halogens is 1. The Morgan fingerprint density at radius 1 is 1.30 bits per heavy atom. The molecule has 1 fully saturated rings. The van der Waals surface area contributed by atoms with E-state index in [2.05, 4.69) is 9.88 Å². The summed E-state index contributed by atoms with van der Waals surface area (Å²) in [6, 6.07) is 7.15. The Morgan fingerprint density at radius 3 is 2.67 bits per heavy atom. The van der Waals surface area contributed by atoms with Gasteiger partial charge in [0.05, 0.1) is 0 Å². The van der Waals surface area contributed by atoms with Crippen molar-refractivity contribution in [2.75, 3.05) is 19.6 Å². The van der Waals surface area contributed by atoms with Gasteiger partial charge in [0.2, 0.25) is 0 Å². The van der Waals surface area contributed by atoms with E-state index in [9.17, 15) is 14.5 Å². The van der Waals surface area contributed by atoms with Crippen LogP contribution in [0.1, 0.15) is 37.7 Å². The Morgan fingerprint density at radius 2 is 2.00 bits per heavy atom. The molecular weight excluding hydrogens is 351 g/mol. The Bertz CT molecular complexity index is 830. The van der Waals surface area contributed by atoms with Crippen LogP contribution in [-0.2, 0) is 6.54 Å². The molecule has 27 heavy (non-hydrogen) atoms. The minimum Gasteiger partial charge on any atom is -0.438 e. The van der Waals surface area contributed by atoms with Crippen LogP contribution < -0.4 is 4.74 Å². The molecular formula is C19H23FN4O3. The zero-order valence-electron chi connectivity index (χ0n) is 15.3. The van der Waals surface area contributed by atoms with Crippen molar-refractivity contribution in [2.45, 2.75) is 44.2 Å². The van der Waals surface area contributed by atoms with Gasteiger partial charge in [0.1, 0.15) is 17.6 Å². The molecule has 0 bridgehead atoms. The number of hydrogen-bond donors (Lipinski definition) is 0. The molecule has 0 saturated carbocycles. The molecule has 0 aliphatic carbocycles. The minimum atomic E-state index is -0.494. The Labute approximate surface area is 156 Å². The number of ether oxygens (including phenoxy) is 1. The summed E-state index contributed by atoms with van der Waals surface area (Å²) in [4.78, 5) is 16.8. The van der Waals surface area contributed by atoms with E-state index in [1.165, 1.54) is 23.9 Å². The van der Waals surface area contributed by atoms with Gasteiger partial charge in [0.15, 0.2) is 0 Å². The maximum atomic E-state index is 13.1. The van der Waals surface area contributed by atoms with Crippen LogP contribution in [0.15, 0.2) is 30.5 Å². The van der Waals surface area contributed by atoms with Gasteiger partial charge >= 0.3 is 11.8 Å². The van der Waals surface area contributed by atoms with E-state index >= 15 is 0 Å². The van der Waals surface area contributed by atoms with Gasteiger partial charge in [-0.25, -0.2) is 4.39 Å². The zero-order chi connectivity index (χ0) is 19.0. The van der Waals surface area contributed by atoms with E-state index in [4.69, 9.17) is 4.74 Å². The van der Waals surface area contributed by atoms with E-state index in [1.807, 2.05) is 19.1 Å². The lowest BCUT2D eigenvalue weighted by Crippen LogP contribution is -2.50. The molecule has 2 aromatic rings. The van der Waals surface area contributed by atoms with Crippen molar-refractivity contribution in [2.24, 2.45) is 0 Å². The molecule has 7 nitrogen and oxygen atoms in total. The number of rotatable bonds is 4. The standard InChI is InChI=1S/C19H23FN4O3/c1-19(8-11-23-12-17(24(25)26)21-18(23)27-19)13-22-9-6-15(7-10-22)14-2-4-16(20)5-3-14/h2-5,12,15H,6-11,13H2,1H3. The van der Waals surface area contributed by atoms with Gasteiger partial charge in [-0.2, -0.15) is 0 Å². The number of aryl methyl sites for hydroxylation is 1. The second kappa shape index (κ2) is 6.92. The fraction of sp³-hybridized carbons (Fsp3) is 0.526. The van der Waals surface area contributed by atoms with Gasteiger partial charge in [-0.15, -0.1) is 0 Å². The molecule has 2 aliphatic heterocycles. The number of nitrogens with zero attached hydrogens (tertiary/aromatic N) is 4. The van der Waals surface area contributed by atoms with Gasteiger partial charge < -0.3 is 14.9 Å². The third-order valence-electron chi connectivity index (χ3n) is 5.62. The Hall–Kier alpha value is -2.48. The van der Waals surface area contributed by atoms with Gasteiger partial charge in [0.25, 0.3) is 0 Å². The van der Waals surface area contributed by atoms with Gasteiger partial charge in [-0.3, -0.25) is 9.47 Å². The molecule has 144 valence electrons. The Kier molecular flexibility index (Phi) is 4.59. The molecule has 3 heterocycles. The summed E-state index contributed by atoms with van der Waals surface area (Å²) < 4.78 is 20.9. The minimum absolute atomic E-state index is 0.172. The molecule has 0 N–H and O–H groups in total. The fourth-order valence-corrected chi connectivity index (χ4v) is 4.09. The molecule has 8 heteroatoms. The summed E-state index contributed by atoms with van der Waals surface area (Å²) >= 11 is 0. The number of imidazole rings is 1. The number of hydrogen-bond acceptors (Lipinski definition) is 5. The maximum Gasteiger partial charge on any atom is 0.414 e. The molecule has 1 aromatic heterocycles. The zero-order valence-corrected chi connectivity index (χ0v) is 15.3. The molecule has 2 aliphatic rings. The molecule has 1 aromatic carbocycles. The molecule has 0 amide bonds. The highest BCUT2D eigenvalue weighted by Crippen LogP contribution is 2.33. The van der Waals surface area contributed by atoms with Crippen LogP contribution in [0.5, 0.6) is 6.01 Å². The molecule has 1 saturated heterocycles. The van der Waals surface area contributed by atoms with Crippen LogP contribution >= 0.6 is 0 Å². The third-order valence-corrected chi connectivity index (χ3v) is 5.62. The highest BCUT2D eigenvalue weighted by molar-refractivity contribution is 5.23. The largest absolute Gasteiger partial charge is 0.438 e. The van der Waals surface area contributed by atoms with E-state index in [1.54, 1.807) is 4.57 Å². The van der Waals surface area contributed by atoms with Crippen LogP contribution in [0, 0.1) is 15.9 Å². The van der Waals surface area contributed by atoms with E-state index in [-0.39, 0.29) is 11.6 Å². The predicted octanol–water partition coefficient (Wildman–Crippen LogP) is 3.35. The molecule has 4 rings (SSSR count). The summed E-state index contributed by atoms with van der Waals surface area (Å²) in [5, 5.41) is 10.9. The first-order valence-corrected chi connectivity index (χ1v) is 9.30. The first-order valence-electron chi connectivity index (χ1n) is 9.30. The fourth-order valence-electron chi connectivity index (χ4n) is 4.09. The number of nitro groups is 1. The van der Waals surface area contributed by atoms with Crippen molar-refractivity contribution >= 4 is 5.82 Å². The summed E-state index contributed by atoms with van der Waals surface area (Å²) in [6.07, 6.45) is 4.28. The lowest BCUT2D eigenvalue weighted by molar-refractivity contribution is -0.389. The number of benzene rings is 1. The van der Waals surface area contributed by atoms with E-state index in [0.29, 0.717) is 18.5 Å². The van der Waals surface area contributed by atoms with Crippen molar-refractivity contribution in [3.63, 3.8) is 0 Å². The SMILES string of the molecule is CC1(CN2CCC(c3ccc(F)cc3)CC2)CCn2cc([N+](=O)[O-])nc2O1. The summed E-state index contributed by atoms with van der Waals surface area (Å²) in [5.41, 5.74) is 0.795. The summed E-state index contributed by atoms with van der Waals surface area (Å²) in [7, 11) is 0. The second-order valence-corrected chi connectivity index (χ2v) is 7.74. The smallest absolute Gasteiger partial charge is 0.414 e. The first kappa shape index (κ1) is 17.9. The van der Waals surface area contributed by atoms with Crippen molar-refractivity contribution in [1.82, 2.24) is 14.5 Å². The van der Waals surface area contributed by atoms with E-state index in [0.717, 1.165) is 38.9 Å². The quantitative estimate of drug-likeness (QED) is 0.606. The maximum absolute atomic E-state index is 13.1.